The van der Waals surface area contributed by atoms with Crippen molar-refractivity contribution in [2.24, 2.45) is 5.84 Å². The molecular formula is C10H16F4N4O. The molecule has 9 heteroatoms. The molecule has 1 unspecified atom stereocenters. The third kappa shape index (κ3) is 4.44. The Bertz CT molecular complexity index is 385. The van der Waals surface area contributed by atoms with E-state index in [4.69, 9.17) is 5.84 Å². The maximum Gasteiger partial charge on any atom is 0.330 e. The molecule has 0 radical (unpaired) electrons. The summed E-state index contributed by atoms with van der Waals surface area (Å²) in [7, 11) is 0. The van der Waals surface area contributed by atoms with E-state index >= 15 is 0 Å². The molecule has 0 fully saturated rings. The lowest BCUT2D eigenvalue weighted by Crippen LogP contribution is -2.36. The van der Waals surface area contributed by atoms with Crippen molar-refractivity contribution >= 4 is 0 Å². The molecule has 1 atom stereocenters. The highest BCUT2D eigenvalue weighted by Gasteiger charge is 2.41. The number of hydrogen-bond acceptors (Lipinski definition) is 4. The highest BCUT2D eigenvalue weighted by molar-refractivity contribution is 5.10. The van der Waals surface area contributed by atoms with E-state index in [1.165, 1.54) is 6.20 Å². The normalized spacial score (nSPS) is 14.1. The lowest BCUT2D eigenvalue weighted by molar-refractivity contribution is -0.167. The summed E-state index contributed by atoms with van der Waals surface area (Å²) in [5.74, 6) is 1.10. The Kier molecular flexibility index (Phi) is 5.70. The van der Waals surface area contributed by atoms with E-state index in [0.717, 1.165) is 0 Å². The molecule has 110 valence electrons. The first kappa shape index (κ1) is 15.9. The number of hydrazine groups is 1. The lowest BCUT2D eigenvalue weighted by atomic mass is 10.2. The van der Waals surface area contributed by atoms with Gasteiger partial charge in [0.25, 0.3) is 0 Å². The number of nitrogens with one attached hydrogen (secondary N) is 1. The first-order chi connectivity index (χ1) is 8.90. The molecule has 5 nitrogen and oxygen atoms in total. The Balaban J connectivity index is 2.49. The minimum absolute atomic E-state index is 0.256. The predicted molar refractivity (Wildman–Crippen MR) is 59.7 cm³/mol. The third-order valence-electron chi connectivity index (χ3n) is 2.48. The van der Waals surface area contributed by atoms with Gasteiger partial charge in [0.15, 0.2) is 0 Å². The van der Waals surface area contributed by atoms with Gasteiger partial charge in [-0.2, -0.15) is 13.9 Å². The van der Waals surface area contributed by atoms with Gasteiger partial charge in [-0.15, -0.1) is 0 Å². The minimum atomic E-state index is -4.16. The Morgan fingerprint density at radius 2 is 2.21 bits per heavy atom. The van der Waals surface area contributed by atoms with Gasteiger partial charge in [-0.3, -0.25) is 16.0 Å². The number of nitrogens with zero attached hydrogens (tertiary/aromatic N) is 2. The second-order valence-corrected chi connectivity index (χ2v) is 3.93. The average Bonchev–Trinajstić information content (AvgIpc) is 2.83. The molecule has 0 aliphatic heterocycles. The standard InChI is InChI=1S/C10H16F4N4O/c1-2-18-4-7(3-16-18)8(17-15)5-19-6-10(13,14)9(11)12/h3-4,8-9,17H,2,5-6,15H2,1H3. The van der Waals surface area contributed by atoms with Crippen molar-refractivity contribution in [3.8, 4) is 0 Å². The van der Waals surface area contributed by atoms with Gasteiger partial charge >= 0.3 is 12.3 Å². The second kappa shape index (κ2) is 6.83. The van der Waals surface area contributed by atoms with Gasteiger partial charge in [-0.1, -0.05) is 0 Å². The molecule has 1 aromatic heterocycles. The first-order valence-electron chi connectivity index (χ1n) is 5.63. The van der Waals surface area contributed by atoms with Crippen LogP contribution in [0.15, 0.2) is 12.4 Å². The van der Waals surface area contributed by atoms with Crippen LogP contribution in [0.5, 0.6) is 0 Å². The first-order valence-corrected chi connectivity index (χ1v) is 5.63. The summed E-state index contributed by atoms with van der Waals surface area (Å²) >= 11 is 0. The van der Waals surface area contributed by atoms with Crippen LogP contribution < -0.4 is 11.3 Å². The van der Waals surface area contributed by atoms with E-state index in [2.05, 4.69) is 15.3 Å². The van der Waals surface area contributed by atoms with Gasteiger partial charge < -0.3 is 4.74 Å². The molecule has 0 aromatic carbocycles. The van der Waals surface area contributed by atoms with Crippen LogP contribution in [0.1, 0.15) is 18.5 Å². The van der Waals surface area contributed by atoms with Gasteiger partial charge in [0.2, 0.25) is 0 Å². The smallest absolute Gasteiger partial charge is 0.330 e. The van der Waals surface area contributed by atoms with Crippen LogP contribution in [0.2, 0.25) is 0 Å². The number of halogens is 4. The largest absolute Gasteiger partial charge is 0.373 e. The fourth-order valence-electron chi connectivity index (χ4n) is 1.35. The maximum atomic E-state index is 12.6. The predicted octanol–water partition coefficient (Wildman–Crippen LogP) is 1.32. The van der Waals surface area contributed by atoms with Gasteiger partial charge in [-0.05, 0) is 6.92 Å². The highest BCUT2D eigenvalue weighted by Crippen LogP contribution is 2.23. The number of ether oxygens (including phenoxy) is 1. The minimum Gasteiger partial charge on any atom is -0.373 e. The van der Waals surface area contributed by atoms with Crippen molar-refractivity contribution in [3.05, 3.63) is 18.0 Å². The molecule has 0 bridgehead atoms. The summed E-state index contributed by atoms with van der Waals surface area (Å²) in [6, 6.07) is -0.589. The van der Waals surface area contributed by atoms with E-state index in [-0.39, 0.29) is 6.61 Å². The monoisotopic (exact) mass is 284 g/mol. The molecule has 0 aliphatic carbocycles. The number of rotatable bonds is 8. The van der Waals surface area contributed by atoms with E-state index in [1.807, 2.05) is 6.92 Å². The molecule has 19 heavy (non-hydrogen) atoms. The summed E-state index contributed by atoms with van der Waals surface area (Å²) in [4.78, 5) is 0. The quantitative estimate of drug-likeness (QED) is 0.429. The Hall–Kier alpha value is -1.19. The maximum absolute atomic E-state index is 12.6. The Labute approximate surface area is 107 Å². The molecule has 0 saturated carbocycles. The number of alkyl halides is 4. The van der Waals surface area contributed by atoms with E-state index in [0.29, 0.717) is 12.1 Å². The van der Waals surface area contributed by atoms with Gasteiger partial charge in [0.05, 0.1) is 18.8 Å². The molecule has 1 heterocycles. The number of nitrogens with two attached hydrogens (primary N) is 1. The molecule has 1 rings (SSSR count). The SMILES string of the molecule is CCn1cc(C(COCC(F)(F)C(F)F)NN)cn1. The van der Waals surface area contributed by atoms with Gasteiger partial charge in [-0.25, -0.2) is 8.78 Å². The Morgan fingerprint density at radius 1 is 1.53 bits per heavy atom. The molecule has 1 aromatic rings. The third-order valence-corrected chi connectivity index (χ3v) is 2.48. The van der Waals surface area contributed by atoms with E-state index in [1.54, 1.807) is 10.9 Å². The topological polar surface area (TPSA) is 65.1 Å². The summed E-state index contributed by atoms with van der Waals surface area (Å²) in [6.07, 6.45) is -0.582. The van der Waals surface area contributed by atoms with Crippen LogP contribution >= 0.6 is 0 Å². The molecule has 0 amide bonds. The molecule has 3 N–H and O–H groups in total. The van der Waals surface area contributed by atoms with Crippen LogP contribution in [0.25, 0.3) is 0 Å². The van der Waals surface area contributed by atoms with Gasteiger partial charge in [0, 0.05) is 18.3 Å². The molecule has 0 saturated heterocycles. The van der Waals surface area contributed by atoms with Crippen molar-refractivity contribution < 1.29 is 22.3 Å². The summed E-state index contributed by atoms with van der Waals surface area (Å²) in [5, 5.41) is 3.99. The fourth-order valence-corrected chi connectivity index (χ4v) is 1.35. The molecular weight excluding hydrogens is 268 g/mol. The zero-order valence-corrected chi connectivity index (χ0v) is 10.3. The van der Waals surface area contributed by atoms with Crippen molar-refractivity contribution in [1.29, 1.82) is 0 Å². The number of aromatic nitrogens is 2. The second-order valence-electron chi connectivity index (χ2n) is 3.93. The van der Waals surface area contributed by atoms with Crippen molar-refractivity contribution in [2.75, 3.05) is 13.2 Å². The lowest BCUT2D eigenvalue weighted by Gasteiger charge is -2.18. The fraction of sp³-hybridized carbons (Fsp3) is 0.700. The van der Waals surface area contributed by atoms with E-state index in [9.17, 15) is 17.6 Å². The zero-order chi connectivity index (χ0) is 14.5. The van der Waals surface area contributed by atoms with Crippen molar-refractivity contribution in [2.45, 2.75) is 31.9 Å². The van der Waals surface area contributed by atoms with Gasteiger partial charge in [0.1, 0.15) is 6.61 Å². The number of aryl methyl sites for hydroxylation is 1. The zero-order valence-electron chi connectivity index (χ0n) is 10.3. The molecule has 0 aliphatic rings. The number of hydrogen-bond donors (Lipinski definition) is 2. The molecule has 0 spiro atoms. The van der Waals surface area contributed by atoms with Crippen molar-refractivity contribution in [1.82, 2.24) is 15.2 Å². The summed E-state index contributed by atoms with van der Waals surface area (Å²) < 4.78 is 55.3. The van der Waals surface area contributed by atoms with Crippen LogP contribution in [0.4, 0.5) is 17.6 Å². The highest BCUT2D eigenvalue weighted by atomic mass is 19.3. The van der Waals surface area contributed by atoms with Crippen LogP contribution in [0, 0.1) is 0 Å². The van der Waals surface area contributed by atoms with E-state index < -0.39 is 25.0 Å². The summed E-state index contributed by atoms with van der Waals surface area (Å²) in [6.45, 7) is 0.905. The summed E-state index contributed by atoms with van der Waals surface area (Å²) in [5.41, 5.74) is 2.99. The Morgan fingerprint density at radius 3 is 2.68 bits per heavy atom. The van der Waals surface area contributed by atoms with Crippen molar-refractivity contribution in [3.63, 3.8) is 0 Å². The van der Waals surface area contributed by atoms with Crippen LogP contribution in [0.3, 0.4) is 0 Å². The average molecular weight is 284 g/mol. The van der Waals surface area contributed by atoms with Crippen LogP contribution in [-0.2, 0) is 11.3 Å². The van der Waals surface area contributed by atoms with Crippen LogP contribution in [-0.4, -0.2) is 35.3 Å².